The summed E-state index contributed by atoms with van der Waals surface area (Å²) in [7, 11) is 0. The van der Waals surface area contributed by atoms with Crippen molar-refractivity contribution >= 4 is 31.9 Å². The topological polar surface area (TPSA) is 35.0 Å². The van der Waals surface area contributed by atoms with Crippen LogP contribution < -0.4 is 4.74 Å². The van der Waals surface area contributed by atoms with Gasteiger partial charge in [-0.05, 0) is 53.6 Å². The SMILES string of the molecule is Brc1ccc2c(c1)C1(c3cccnc3-c3ncccc31)c1c(Br)cccc1O2. The first-order chi connectivity index (χ1) is 13.7. The molecule has 0 N–H and O–H groups in total. The van der Waals surface area contributed by atoms with Crippen LogP contribution in [0, 0.1) is 0 Å². The van der Waals surface area contributed by atoms with Gasteiger partial charge in [-0.3, -0.25) is 9.97 Å². The molecule has 0 saturated carbocycles. The average molecular weight is 492 g/mol. The molecule has 2 aromatic carbocycles. The van der Waals surface area contributed by atoms with Crippen LogP contribution in [0.25, 0.3) is 11.4 Å². The van der Waals surface area contributed by atoms with E-state index in [9.17, 15) is 0 Å². The standard InChI is InChI=1S/C23H12Br2N2O/c24-13-8-9-18-16(12-13)23(20-17(25)6-1-7-19(20)28-18)14-4-2-10-26-21(14)22-15(23)5-3-11-27-22/h1-12H. The van der Waals surface area contributed by atoms with Crippen LogP contribution in [-0.2, 0) is 5.41 Å². The van der Waals surface area contributed by atoms with Gasteiger partial charge in [-0.1, -0.05) is 50.1 Å². The first kappa shape index (κ1) is 16.5. The van der Waals surface area contributed by atoms with Crippen LogP contribution in [0.3, 0.4) is 0 Å². The number of ether oxygens (including phenoxy) is 1. The number of hydrogen-bond donors (Lipinski definition) is 0. The minimum absolute atomic E-state index is 0.542. The number of aromatic nitrogens is 2. The van der Waals surface area contributed by atoms with Crippen LogP contribution in [-0.4, -0.2) is 9.97 Å². The van der Waals surface area contributed by atoms with E-state index in [1.165, 1.54) is 0 Å². The van der Waals surface area contributed by atoms with Gasteiger partial charge in [0, 0.05) is 32.5 Å². The highest BCUT2D eigenvalue weighted by Gasteiger charge is 2.53. The molecule has 0 unspecified atom stereocenters. The van der Waals surface area contributed by atoms with E-state index in [0.717, 1.165) is 54.1 Å². The van der Waals surface area contributed by atoms with Crippen molar-refractivity contribution < 1.29 is 4.74 Å². The number of rotatable bonds is 0. The Morgan fingerprint density at radius 1 is 0.714 bits per heavy atom. The summed E-state index contributed by atoms with van der Waals surface area (Å²) in [5, 5.41) is 0. The lowest BCUT2D eigenvalue weighted by atomic mass is 9.66. The smallest absolute Gasteiger partial charge is 0.133 e. The molecule has 0 saturated heterocycles. The molecular weight excluding hydrogens is 480 g/mol. The van der Waals surface area contributed by atoms with Gasteiger partial charge < -0.3 is 4.74 Å². The Kier molecular flexibility index (Phi) is 3.38. The molecule has 0 fully saturated rings. The maximum Gasteiger partial charge on any atom is 0.133 e. The van der Waals surface area contributed by atoms with Gasteiger partial charge in [-0.25, -0.2) is 0 Å². The Labute approximate surface area is 178 Å². The number of halogens is 2. The van der Waals surface area contributed by atoms with Crippen LogP contribution in [0.2, 0.25) is 0 Å². The molecule has 5 heteroatoms. The third kappa shape index (κ3) is 1.93. The van der Waals surface area contributed by atoms with Crippen LogP contribution in [0.5, 0.6) is 11.5 Å². The molecule has 4 aromatic rings. The summed E-state index contributed by atoms with van der Waals surface area (Å²) in [6.07, 6.45) is 3.66. The highest BCUT2D eigenvalue weighted by molar-refractivity contribution is 9.10. The molecule has 134 valence electrons. The van der Waals surface area contributed by atoms with Crippen molar-refractivity contribution in [2.75, 3.05) is 0 Å². The molecular formula is C23H12Br2N2O. The fraction of sp³-hybridized carbons (Fsp3) is 0.0435. The van der Waals surface area contributed by atoms with Crippen molar-refractivity contribution in [1.29, 1.82) is 0 Å². The van der Waals surface area contributed by atoms with E-state index in [-0.39, 0.29) is 0 Å². The number of nitrogens with zero attached hydrogens (tertiary/aromatic N) is 2. The molecule has 3 nitrogen and oxygen atoms in total. The number of pyridine rings is 2. The summed E-state index contributed by atoms with van der Waals surface area (Å²) in [5.74, 6) is 1.69. The number of fused-ring (bicyclic) bond motifs is 9. The van der Waals surface area contributed by atoms with Crippen LogP contribution >= 0.6 is 31.9 Å². The minimum Gasteiger partial charge on any atom is -0.457 e. The summed E-state index contributed by atoms with van der Waals surface area (Å²) < 4.78 is 8.35. The molecule has 1 spiro atoms. The summed E-state index contributed by atoms with van der Waals surface area (Å²) in [6, 6.07) is 20.6. The second kappa shape index (κ2) is 5.75. The molecule has 2 aromatic heterocycles. The van der Waals surface area contributed by atoms with Gasteiger partial charge in [0.25, 0.3) is 0 Å². The lowest BCUT2D eigenvalue weighted by Gasteiger charge is -2.39. The summed E-state index contributed by atoms with van der Waals surface area (Å²) in [5.41, 5.74) is 5.73. The Hall–Kier alpha value is -2.50. The molecule has 2 aliphatic rings. The zero-order valence-corrected chi connectivity index (χ0v) is 17.7. The maximum absolute atomic E-state index is 6.34. The van der Waals surface area contributed by atoms with E-state index >= 15 is 0 Å². The Balaban J connectivity index is 1.88. The minimum atomic E-state index is -0.542. The number of hydrogen-bond acceptors (Lipinski definition) is 3. The van der Waals surface area contributed by atoms with Crippen molar-refractivity contribution in [1.82, 2.24) is 9.97 Å². The largest absolute Gasteiger partial charge is 0.457 e. The molecule has 6 rings (SSSR count). The maximum atomic E-state index is 6.34. The van der Waals surface area contributed by atoms with Gasteiger partial charge in [0.2, 0.25) is 0 Å². The predicted octanol–water partition coefficient (Wildman–Crippen LogP) is 6.47. The number of benzene rings is 2. The fourth-order valence-electron chi connectivity index (χ4n) is 4.59. The quantitative estimate of drug-likeness (QED) is 0.244. The summed E-state index contributed by atoms with van der Waals surface area (Å²) in [6.45, 7) is 0. The normalized spacial score (nSPS) is 14.6. The van der Waals surface area contributed by atoms with Crippen LogP contribution in [0.15, 0.2) is 82.0 Å². The fourth-order valence-corrected chi connectivity index (χ4v) is 5.59. The Morgan fingerprint density at radius 2 is 1.43 bits per heavy atom. The van der Waals surface area contributed by atoms with Crippen molar-refractivity contribution in [3.05, 3.63) is 104 Å². The van der Waals surface area contributed by atoms with Gasteiger partial charge in [0.05, 0.1) is 16.8 Å². The molecule has 0 bridgehead atoms. The zero-order chi connectivity index (χ0) is 18.9. The summed E-state index contributed by atoms with van der Waals surface area (Å²) in [4.78, 5) is 9.44. The monoisotopic (exact) mass is 490 g/mol. The second-order valence-electron chi connectivity index (χ2n) is 6.90. The highest BCUT2D eigenvalue weighted by Crippen LogP contribution is 2.62. The van der Waals surface area contributed by atoms with E-state index in [1.807, 2.05) is 48.8 Å². The van der Waals surface area contributed by atoms with E-state index in [0.29, 0.717) is 0 Å². The Bertz CT molecular complexity index is 1240. The predicted molar refractivity (Wildman–Crippen MR) is 115 cm³/mol. The second-order valence-corrected chi connectivity index (χ2v) is 8.67. The highest BCUT2D eigenvalue weighted by atomic mass is 79.9. The van der Waals surface area contributed by atoms with Gasteiger partial charge >= 0.3 is 0 Å². The first-order valence-corrected chi connectivity index (χ1v) is 10.5. The van der Waals surface area contributed by atoms with Gasteiger partial charge in [0.1, 0.15) is 11.5 Å². The van der Waals surface area contributed by atoms with E-state index in [1.54, 1.807) is 0 Å². The Morgan fingerprint density at radius 3 is 2.14 bits per heavy atom. The zero-order valence-electron chi connectivity index (χ0n) is 14.5. The van der Waals surface area contributed by atoms with E-state index in [4.69, 9.17) is 14.7 Å². The average Bonchev–Trinajstić information content (AvgIpc) is 3.00. The molecule has 0 radical (unpaired) electrons. The lowest BCUT2D eigenvalue weighted by Crippen LogP contribution is -2.32. The lowest BCUT2D eigenvalue weighted by molar-refractivity contribution is 0.435. The first-order valence-electron chi connectivity index (χ1n) is 8.89. The molecule has 0 amide bonds. The van der Waals surface area contributed by atoms with Crippen molar-refractivity contribution in [3.8, 4) is 22.9 Å². The van der Waals surface area contributed by atoms with E-state index < -0.39 is 5.41 Å². The van der Waals surface area contributed by atoms with Gasteiger partial charge in [0.15, 0.2) is 0 Å². The van der Waals surface area contributed by atoms with Crippen molar-refractivity contribution in [2.45, 2.75) is 5.41 Å². The van der Waals surface area contributed by atoms with Crippen molar-refractivity contribution in [3.63, 3.8) is 0 Å². The van der Waals surface area contributed by atoms with Crippen molar-refractivity contribution in [2.24, 2.45) is 0 Å². The third-order valence-electron chi connectivity index (χ3n) is 5.56. The molecule has 0 atom stereocenters. The third-order valence-corrected chi connectivity index (χ3v) is 6.72. The summed E-state index contributed by atoms with van der Waals surface area (Å²) >= 11 is 7.47. The van der Waals surface area contributed by atoms with E-state index in [2.05, 4.69) is 56.1 Å². The van der Waals surface area contributed by atoms with Gasteiger partial charge in [-0.2, -0.15) is 0 Å². The van der Waals surface area contributed by atoms with Crippen LogP contribution in [0.1, 0.15) is 22.3 Å². The molecule has 28 heavy (non-hydrogen) atoms. The molecule has 1 aliphatic carbocycles. The molecule has 3 heterocycles. The van der Waals surface area contributed by atoms with Gasteiger partial charge in [-0.15, -0.1) is 0 Å². The molecule has 1 aliphatic heterocycles. The van der Waals surface area contributed by atoms with Crippen LogP contribution in [0.4, 0.5) is 0 Å².